The van der Waals surface area contributed by atoms with Gasteiger partial charge in [-0.2, -0.15) is 13.2 Å². The molecule has 0 bridgehead atoms. The summed E-state index contributed by atoms with van der Waals surface area (Å²) in [5.74, 6) is 0. The number of halogens is 3. The minimum atomic E-state index is -4.26. The highest BCUT2D eigenvalue weighted by atomic mass is 19.4. The van der Waals surface area contributed by atoms with Gasteiger partial charge in [0.1, 0.15) is 0 Å². The lowest BCUT2D eigenvalue weighted by atomic mass is 10.0. The largest absolute Gasteiger partial charge is 0.413 e. The van der Waals surface area contributed by atoms with Crippen LogP contribution in [0.25, 0.3) is 0 Å². The number of unbranched alkanes of at least 4 members (excludes halogenated alkanes) is 2. The van der Waals surface area contributed by atoms with Gasteiger partial charge < -0.3 is 5.32 Å². The van der Waals surface area contributed by atoms with E-state index in [9.17, 15) is 13.2 Å². The molecule has 0 heterocycles. The maximum Gasteiger partial charge on any atom is 0.413 e. The van der Waals surface area contributed by atoms with E-state index in [1.807, 2.05) is 0 Å². The van der Waals surface area contributed by atoms with Crippen LogP contribution in [0, 0.1) is 0 Å². The van der Waals surface area contributed by atoms with Crippen molar-refractivity contribution in [2.45, 2.75) is 44.8 Å². The van der Waals surface area contributed by atoms with E-state index in [-0.39, 0.29) is 12.5 Å². The maximum atomic E-state index is 12.6. The Morgan fingerprint density at radius 3 is 2.72 bits per heavy atom. The average molecular weight is 259 g/mol. The van der Waals surface area contributed by atoms with Crippen molar-refractivity contribution in [2.75, 3.05) is 6.54 Å². The maximum absolute atomic E-state index is 12.6. The summed E-state index contributed by atoms with van der Waals surface area (Å²) < 4.78 is 37.8. The second kappa shape index (κ2) is 6.78. The van der Waals surface area contributed by atoms with Crippen LogP contribution in [0.1, 0.15) is 32.6 Å². The van der Waals surface area contributed by atoms with Crippen LogP contribution in [0.4, 0.5) is 13.2 Å². The van der Waals surface area contributed by atoms with Crippen molar-refractivity contribution < 1.29 is 13.2 Å². The standard InChI is InChI=1S/C14H20F3N/c1-3-4-5-9-18-13-8-6-7-12(10-11(13)2)14(15,16)17/h6-8,13,18H,2-5,9-10H2,1H3. The summed E-state index contributed by atoms with van der Waals surface area (Å²) >= 11 is 0. The Balaban J connectivity index is 2.51. The predicted molar refractivity (Wildman–Crippen MR) is 68.4 cm³/mol. The van der Waals surface area contributed by atoms with Crippen LogP contribution in [0.2, 0.25) is 0 Å². The number of alkyl halides is 3. The topological polar surface area (TPSA) is 12.0 Å². The Labute approximate surface area is 106 Å². The second-order valence-electron chi connectivity index (χ2n) is 4.55. The predicted octanol–water partition coefficient (Wildman–Crippen LogP) is 4.14. The van der Waals surface area contributed by atoms with Crippen LogP contribution in [0.15, 0.2) is 36.0 Å². The monoisotopic (exact) mass is 259 g/mol. The zero-order valence-corrected chi connectivity index (χ0v) is 10.7. The van der Waals surface area contributed by atoms with Crippen molar-refractivity contribution in [2.24, 2.45) is 0 Å². The molecule has 0 saturated heterocycles. The summed E-state index contributed by atoms with van der Waals surface area (Å²) in [6.45, 7) is 6.69. The second-order valence-corrected chi connectivity index (χ2v) is 4.55. The minimum Gasteiger partial charge on any atom is -0.307 e. The molecule has 0 radical (unpaired) electrons. The molecule has 1 N–H and O–H groups in total. The molecule has 0 aromatic rings. The fraction of sp³-hybridized carbons (Fsp3) is 0.571. The first kappa shape index (κ1) is 15.0. The lowest BCUT2D eigenvalue weighted by Gasteiger charge is -2.18. The highest BCUT2D eigenvalue weighted by molar-refractivity contribution is 5.32. The number of allylic oxidation sites excluding steroid dienone is 3. The van der Waals surface area contributed by atoms with Crippen molar-refractivity contribution in [3.8, 4) is 0 Å². The molecule has 1 unspecified atom stereocenters. The molecular formula is C14H20F3N. The van der Waals surface area contributed by atoms with Gasteiger partial charge in [0.2, 0.25) is 0 Å². The molecule has 102 valence electrons. The summed E-state index contributed by atoms with van der Waals surface area (Å²) in [5.41, 5.74) is 0.0467. The zero-order chi connectivity index (χ0) is 13.6. The van der Waals surface area contributed by atoms with E-state index in [2.05, 4.69) is 18.8 Å². The Kier molecular flexibility index (Phi) is 5.66. The molecule has 0 aromatic heterocycles. The van der Waals surface area contributed by atoms with Gasteiger partial charge in [-0.1, -0.05) is 50.1 Å². The van der Waals surface area contributed by atoms with Crippen LogP contribution >= 0.6 is 0 Å². The Morgan fingerprint density at radius 2 is 2.11 bits per heavy atom. The highest BCUT2D eigenvalue weighted by Crippen LogP contribution is 2.32. The Hall–Kier alpha value is -1.03. The number of nitrogens with one attached hydrogen (secondary N) is 1. The van der Waals surface area contributed by atoms with Crippen LogP contribution in [-0.4, -0.2) is 18.8 Å². The zero-order valence-electron chi connectivity index (χ0n) is 10.7. The van der Waals surface area contributed by atoms with Crippen molar-refractivity contribution in [3.63, 3.8) is 0 Å². The first-order valence-corrected chi connectivity index (χ1v) is 6.30. The van der Waals surface area contributed by atoms with Crippen molar-refractivity contribution in [1.29, 1.82) is 0 Å². The smallest absolute Gasteiger partial charge is 0.307 e. The number of hydrogen-bond donors (Lipinski definition) is 1. The minimum absolute atomic E-state index is 0.109. The third-order valence-electron chi connectivity index (χ3n) is 2.97. The molecule has 0 aromatic carbocycles. The van der Waals surface area contributed by atoms with Gasteiger partial charge in [-0.3, -0.25) is 0 Å². The SMILES string of the molecule is C=C1CC(C(F)(F)F)=CC=CC1NCCCCC. The van der Waals surface area contributed by atoms with Gasteiger partial charge in [-0.25, -0.2) is 0 Å². The van der Waals surface area contributed by atoms with E-state index in [1.54, 1.807) is 6.08 Å². The first-order valence-electron chi connectivity index (χ1n) is 6.30. The van der Waals surface area contributed by atoms with Gasteiger partial charge in [0, 0.05) is 11.6 Å². The summed E-state index contributed by atoms with van der Waals surface area (Å²) in [5, 5.41) is 3.23. The van der Waals surface area contributed by atoms with Gasteiger partial charge in [0.25, 0.3) is 0 Å². The molecule has 4 heteroatoms. The van der Waals surface area contributed by atoms with Gasteiger partial charge in [-0.15, -0.1) is 0 Å². The molecule has 1 nitrogen and oxygen atoms in total. The summed E-state index contributed by atoms with van der Waals surface area (Å²) in [6.07, 6.45) is 3.27. The normalized spacial score (nSPS) is 20.8. The summed E-state index contributed by atoms with van der Waals surface area (Å²) in [7, 11) is 0. The molecular weight excluding hydrogens is 239 g/mol. The van der Waals surface area contributed by atoms with Crippen LogP contribution in [0.5, 0.6) is 0 Å². The molecule has 0 saturated carbocycles. The lowest BCUT2D eigenvalue weighted by molar-refractivity contribution is -0.0931. The number of rotatable bonds is 5. The van der Waals surface area contributed by atoms with Crippen LogP contribution in [-0.2, 0) is 0 Å². The van der Waals surface area contributed by atoms with E-state index in [0.29, 0.717) is 5.57 Å². The highest BCUT2D eigenvalue weighted by Gasteiger charge is 2.34. The fourth-order valence-electron chi connectivity index (χ4n) is 1.87. The van der Waals surface area contributed by atoms with Gasteiger partial charge >= 0.3 is 6.18 Å². The molecule has 0 fully saturated rings. The van der Waals surface area contributed by atoms with Gasteiger partial charge in [0.15, 0.2) is 0 Å². The molecule has 1 aliphatic carbocycles. The first-order chi connectivity index (χ1) is 8.45. The Morgan fingerprint density at radius 1 is 1.39 bits per heavy atom. The van der Waals surface area contributed by atoms with Gasteiger partial charge in [0.05, 0.1) is 0 Å². The fourth-order valence-corrected chi connectivity index (χ4v) is 1.87. The van der Waals surface area contributed by atoms with E-state index in [0.717, 1.165) is 31.9 Å². The van der Waals surface area contributed by atoms with E-state index in [1.165, 1.54) is 6.08 Å². The van der Waals surface area contributed by atoms with Gasteiger partial charge in [-0.05, 0) is 19.4 Å². The average Bonchev–Trinajstić information content (AvgIpc) is 2.46. The third-order valence-corrected chi connectivity index (χ3v) is 2.97. The molecule has 0 spiro atoms. The van der Waals surface area contributed by atoms with Crippen molar-refractivity contribution in [3.05, 3.63) is 36.0 Å². The molecule has 18 heavy (non-hydrogen) atoms. The van der Waals surface area contributed by atoms with E-state index >= 15 is 0 Å². The Bertz CT molecular complexity index is 339. The quantitative estimate of drug-likeness (QED) is 0.578. The number of hydrogen-bond acceptors (Lipinski definition) is 1. The van der Waals surface area contributed by atoms with Crippen molar-refractivity contribution >= 4 is 0 Å². The lowest BCUT2D eigenvalue weighted by Crippen LogP contribution is -2.30. The summed E-state index contributed by atoms with van der Waals surface area (Å²) in [6, 6.07) is -0.155. The summed E-state index contributed by atoms with van der Waals surface area (Å²) in [4.78, 5) is 0. The molecule has 1 aliphatic rings. The molecule has 1 atom stereocenters. The molecule has 1 rings (SSSR count). The van der Waals surface area contributed by atoms with Crippen molar-refractivity contribution in [1.82, 2.24) is 5.32 Å². The van der Waals surface area contributed by atoms with E-state index in [4.69, 9.17) is 0 Å². The molecule has 0 aliphatic heterocycles. The third kappa shape index (κ3) is 4.69. The van der Waals surface area contributed by atoms with E-state index < -0.39 is 11.7 Å². The van der Waals surface area contributed by atoms with Crippen LogP contribution in [0.3, 0.4) is 0 Å². The van der Waals surface area contributed by atoms with Crippen LogP contribution < -0.4 is 5.32 Å². The molecule has 0 amide bonds.